The van der Waals surface area contributed by atoms with Gasteiger partial charge in [-0.3, -0.25) is 5.10 Å². The molecule has 2 aromatic rings. The van der Waals surface area contributed by atoms with E-state index >= 15 is 0 Å². The van der Waals surface area contributed by atoms with Crippen molar-refractivity contribution in [2.75, 3.05) is 5.32 Å². The van der Waals surface area contributed by atoms with Crippen LogP contribution in [0.2, 0.25) is 0 Å². The molecule has 0 spiro atoms. The van der Waals surface area contributed by atoms with E-state index in [0.29, 0.717) is 0 Å². The quantitative estimate of drug-likeness (QED) is 0.672. The van der Waals surface area contributed by atoms with E-state index in [1.54, 1.807) is 6.20 Å². The van der Waals surface area contributed by atoms with Crippen LogP contribution in [-0.2, 0) is 0 Å². The number of nitrogens with two attached hydrogens (primary N) is 1. The molecule has 0 amide bonds. The van der Waals surface area contributed by atoms with Crippen LogP contribution in [-0.4, -0.2) is 15.3 Å². The molecule has 76 valence electrons. The first kappa shape index (κ1) is 9.67. The fraction of sp³-hybridized carbons (Fsp3) is 0. The van der Waals surface area contributed by atoms with Crippen LogP contribution < -0.4 is 11.1 Å². The van der Waals surface area contributed by atoms with Gasteiger partial charge in [0.2, 0.25) is 0 Å². The molecule has 0 aliphatic heterocycles. The van der Waals surface area contributed by atoms with Gasteiger partial charge in [0.1, 0.15) is 0 Å². The van der Waals surface area contributed by atoms with E-state index in [4.69, 9.17) is 18.0 Å². The van der Waals surface area contributed by atoms with Gasteiger partial charge in [-0.2, -0.15) is 5.10 Å². The summed E-state index contributed by atoms with van der Waals surface area (Å²) in [5.41, 5.74) is 8.26. The number of rotatable bonds is 2. The van der Waals surface area contributed by atoms with Gasteiger partial charge >= 0.3 is 0 Å². The maximum atomic E-state index is 5.39. The number of H-pyrrole nitrogens is 1. The van der Waals surface area contributed by atoms with Crippen molar-refractivity contribution in [1.82, 2.24) is 10.2 Å². The Morgan fingerprint density at radius 3 is 2.93 bits per heavy atom. The molecule has 1 heterocycles. The molecule has 0 saturated heterocycles. The lowest BCUT2D eigenvalue weighted by atomic mass is 10.1. The molecule has 0 radical (unpaired) electrons. The number of hydrogen-bond acceptors (Lipinski definition) is 2. The van der Waals surface area contributed by atoms with Crippen LogP contribution in [0.5, 0.6) is 0 Å². The van der Waals surface area contributed by atoms with Crippen molar-refractivity contribution in [2.45, 2.75) is 0 Å². The van der Waals surface area contributed by atoms with Crippen molar-refractivity contribution in [3.8, 4) is 11.3 Å². The molecule has 0 unspecified atom stereocenters. The molecule has 0 aliphatic carbocycles. The lowest BCUT2D eigenvalue weighted by Gasteiger charge is -2.05. The number of hydrogen-bond donors (Lipinski definition) is 3. The van der Waals surface area contributed by atoms with E-state index in [-0.39, 0.29) is 5.11 Å². The molecule has 0 fully saturated rings. The maximum Gasteiger partial charge on any atom is 0.168 e. The summed E-state index contributed by atoms with van der Waals surface area (Å²) in [5, 5.41) is 9.93. The standard InChI is InChI=1S/C10H10N4S/c11-10(15)13-8-3-1-2-7(6-8)9-4-5-12-14-9/h1-6H,(H,12,14)(H3,11,13,15). The van der Waals surface area contributed by atoms with Gasteiger partial charge in [-0.25, -0.2) is 0 Å². The highest BCUT2D eigenvalue weighted by molar-refractivity contribution is 7.80. The number of aromatic nitrogens is 2. The molecular formula is C10H10N4S. The third kappa shape index (κ3) is 2.32. The second kappa shape index (κ2) is 4.10. The van der Waals surface area contributed by atoms with Crippen LogP contribution in [0.4, 0.5) is 5.69 Å². The number of benzene rings is 1. The summed E-state index contributed by atoms with van der Waals surface area (Å²) in [5.74, 6) is 0. The van der Waals surface area contributed by atoms with E-state index in [1.165, 1.54) is 0 Å². The van der Waals surface area contributed by atoms with E-state index in [0.717, 1.165) is 16.9 Å². The Hall–Kier alpha value is -1.88. The third-order valence-corrected chi connectivity index (χ3v) is 2.04. The van der Waals surface area contributed by atoms with Gasteiger partial charge in [0, 0.05) is 17.4 Å². The topological polar surface area (TPSA) is 66.7 Å². The van der Waals surface area contributed by atoms with Crippen molar-refractivity contribution in [3.05, 3.63) is 36.5 Å². The van der Waals surface area contributed by atoms with Gasteiger partial charge in [0.05, 0.1) is 5.69 Å². The minimum Gasteiger partial charge on any atom is -0.376 e. The number of aromatic amines is 1. The van der Waals surface area contributed by atoms with Gasteiger partial charge in [0.15, 0.2) is 5.11 Å². The number of nitrogens with one attached hydrogen (secondary N) is 2. The van der Waals surface area contributed by atoms with E-state index in [1.807, 2.05) is 30.3 Å². The van der Waals surface area contributed by atoms with Crippen LogP contribution in [0.1, 0.15) is 0 Å². The second-order valence-corrected chi connectivity index (χ2v) is 3.48. The number of anilines is 1. The highest BCUT2D eigenvalue weighted by Crippen LogP contribution is 2.19. The summed E-state index contributed by atoms with van der Waals surface area (Å²) < 4.78 is 0. The molecule has 0 aliphatic rings. The Balaban J connectivity index is 2.31. The zero-order chi connectivity index (χ0) is 10.7. The summed E-state index contributed by atoms with van der Waals surface area (Å²) in [6.07, 6.45) is 1.71. The molecule has 1 aromatic carbocycles. The van der Waals surface area contributed by atoms with Crippen molar-refractivity contribution in [2.24, 2.45) is 5.73 Å². The van der Waals surface area contributed by atoms with Crippen LogP contribution in [0.3, 0.4) is 0 Å². The summed E-state index contributed by atoms with van der Waals surface area (Å²) in [7, 11) is 0. The SMILES string of the molecule is NC(=S)Nc1cccc(-c2ccn[nH]2)c1. The summed E-state index contributed by atoms with van der Waals surface area (Å²) in [4.78, 5) is 0. The smallest absolute Gasteiger partial charge is 0.168 e. The maximum absolute atomic E-state index is 5.39. The molecule has 2 rings (SSSR count). The molecule has 4 nitrogen and oxygen atoms in total. The molecule has 15 heavy (non-hydrogen) atoms. The van der Waals surface area contributed by atoms with Gasteiger partial charge in [-0.1, -0.05) is 12.1 Å². The van der Waals surface area contributed by atoms with E-state index in [9.17, 15) is 0 Å². The minimum absolute atomic E-state index is 0.261. The number of nitrogens with zero attached hydrogens (tertiary/aromatic N) is 1. The zero-order valence-electron chi connectivity index (χ0n) is 7.90. The Bertz CT molecular complexity index is 464. The summed E-state index contributed by atoms with van der Waals surface area (Å²) in [6.45, 7) is 0. The molecule has 0 bridgehead atoms. The Labute approximate surface area is 92.5 Å². The highest BCUT2D eigenvalue weighted by atomic mass is 32.1. The highest BCUT2D eigenvalue weighted by Gasteiger charge is 2.00. The predicted octanol–water partition coefficient (Wildman–Crippen LogP) is 1.73. The summed E-state index contributed by atoms with van der Waals surface area (Å²) in [6, 6.07) is 9.67. The fourth-order valence-corrected chi connectivity index (χ4v) is 1.44. The molecule has 0 atom stereocenters. The first-order chi connectivity index (χ1) is 7.25. The third-order valence-electron chi connectivity index (χ3n) is 1.94. The van der Waals surface area contributed by atoms with Crippen LogP contribution in [0.15, 0.2) is 36.5 Å². The van der Waals surface area contributed by atoms with Crippen molar-refractivity contribution < 1.29 is 0 Å². The van der Waals surface area contributed by atoms with Gasteiger partial charge in [-0.15, -0.1) is 0 Å². The lowest BCUT2D eigenvalue weighted by molar-refractivity contribution is 1.10. The van der Waals surface area contributed by atoms with Crippen molar-refractivity contribution >= 4 is 23.0 Å². The Morgan fingerprint density at radius 1 is 1.40 bits per heavy atom. The van der Waals surface area contributed by atoms with E-state index < -0.39 is 0 Å². The normalized spacial score (nSPS) is 9.87. The molecule has 4 N–H and O–H groups in total. The van der Waals surface area contributed by atoms with Crippen LogP contribution in [0.25, 0.3) is 11.3 Å². The Morgan fingerprint density at radius 2 is 2.27 bits per heavy atom. The van der Waals surface area contributed by atoms with Gasteiger partial charge < -0.3 is 11.1 Å². The van der Waals surface area contributed by atoms with Gasteiger partial charge in [0.25, 0.3) is 0 Å². The minimum atomic E-state index is 0.261. The Kier molecular flexibility index (Phi) is 2.64. The first-order valence-electron chi connectivity index (χ1n) is 4.42. The van der Waals surface area contributed by atoms with Crippen molar-refractivity contribution in [1.29, 1.82) is 0 Å². The van der Waals surface area contributed by atoms with Crippen LogP contribution >= 0.6 is 12.2 Å². The monoisotopic (exact) mass is 218 g/mol. The summed E-state index contributed by atoms with van der Waals surface area (Å²) >= 11 is 4.77. The zero-order valence-corrected chi connectivity index (χ0v) is 8.71. The van der Waals surface area contributed by atoms with E-state index in [2.05, 4.69) is 15.5 Å². The first-order valence-corrected chi connectivity index (χ1v) is 4.83. The largest absolute Gasteiger partial charge is 0.376 e. The van der Waals surface area contributed by atoms with Crippen molar-refractivity contribution in [3.63, 3.8) is 0 Å². The lowest BCUT2D eigenvalue weighted by Crippen LogP contribution is -2.18. The number of thiocarbonyl (C=S) groups is 1. The predicted molar refractivity (Wildman–Crippen MR) is 64.4 cm³/mol. The average molecular weight is 218 g/mol. The molecule has 1 aromatic heterocycles. The fourth-order valence-electron chi connectivity index (χ4n) is 1.32. The second-order valence-electron chi connectivity index (χ2n) is 3.04. The molecule has 5 heteroatoms. The average Bonchev–Trinajstić information content (AvgIpc) is 2.69. The van der Waals surface area contributed by atoms with Gasteiger partial charge in [-0.05, 0) is 30.4 Å². The molecular weight excluding hydrogens is 208 g/mol. The van der Waals surface area contributed by atoms with Crippen LogP contribution in [0, 0.1) is 0 Å². The molecule has 0 saturated carbocycles.